The second kappa shape index (κ2) is 10.1. The van der Waals surface area contributed by atoms with Gasteiger partial charge in [-0.1, -0.05) is 24.3 Å². The molecule has 0 bridgehead atoms. The van der Waals surface area contributed by atoms with Gasteiger partial charge in [-0.2, -0.15) is 5.10 Å². The van der Waals surface area contributed by atoms with Crippen LogP contribution in [0.3, 0.4) is 0 Å². The highest BCUT2D eigenvalue weighted by atomic mass is 16.7. The summed E-state index contributed by atoms with van der Waals surface area (Å²) in [5, 5.41) is 6.66. The maximum Gasteiger partial charge on any atom is 0.287 e. The summed E-state index contributed by atoms with van der Waals surface area (Å²) in [4.78, 5) is 25.5. The zero-order valence-corrected chi connectivity index (χ0v) is 17.8. The number of hydrazone groups is 1. The van der Waals surface area contributed by atoms with E-state index in [2.05, 4.69) is 15.8 Å². The highest BCUT2D eigenvalue weighted by molar-refractivity contribution is 6.05. The fourth-order valence-corrected chi connectivity index (χ4v) is 3.03. The molecule has 0 fully saturated rings. The maximum absolute atomic E-state index is 12.9. The van der Waals surface area contributed by atoms with Crippen molar-refractivity contribution in [3.05, 3.63) is 95.2 Å². The summed E-state index contributed by atoms with van der Waals surface area (Å²) in [7, 11) is 1.58. The second-order valence-corrected chi connectivity index (χ2v) is 6.96. The molecule has 3 aromatic rings. The van der Waals surface area contributed by atoms with Crippen molar-refractivity contribution < 1.29 is 23.8 Å². The number of fused-ring (bicyclic) bond motifs is 1. The summed E-state index contributed by atoms with van der Waals surface area (Å²) in [5.41, 5.74) is 4.31. The summed E-state index contributed by atoms with van der Waals surface area (Å²) in [6.07, 6.45) is 3.04. The smallest absolute Gasteiger partial charge is 0.287 e. The van der Waals surface area contributed by atoms with E-state index in [1.165, 1.54) is 6.21 Å². The average molecular weight is 443 g/mol. The molecule has 3 aromatic carbocycles. The zero-order valence-electron chi connectivity index (χ0n) is 17.8. The van der Waals surface area contributed by atoms with E-state index < -0.39 is 11.8 Å². The molecular formula is C25H21N3O5. The third-order valence-corrected chi connectivity index (χ3v) is 4.73. The van der Waals surface area contributed by atoms with Crippen LogP contribution in [0.25, 0.3) is 6.08 Å². The molecule has 166 valence electrons. The Morgan fingerprint density at radius 2 is 1.67 bits per heavy atom. The van der Waals surface area contributed by atoms with E-state index in [0.717, 1.165) is 5.56 Å². The van der Waals surface area contributed by atoms with E-state index in [-0.39, 0.29) is 12.5 Å². The topological polar surface area (TPSA) is 98.2 Å². The van der Waals surface area contributed by atoms with E-state index in [9.17, 15) is 9.59 Å². The second-order valence-electron chi connectivity index (χ2n) is 6.96. The first-order chi connectivity index (χ1) is 16.1. The van der Waals surface area contributed by atoms with Crippen molar-refractivity contribution in [2.45, 2.75) is 0 Å². The normalized spacial score (nSPS) is 12.5. The molecule has 8 nitrogen and oxygen atoms in total. The predicted molar refractivity (Wildman–Crippen MR) is 123 cm³/mol. The minimum atomic E-state index is -0.582. The number of nitrogens with zero attached hydrogens (tertiary/aromatic N) is 1. The van der Waals surface area contributed by atoms with E-state index in [1.54, 1.807) is 86.0 Å². The Morgan fingerprint density at radius 1 is 0.939 bits per heavy atom. The molecule has 33 heavy (non-hydrogen) atoms. The third-order valence-electron chi connectivity index (χ3n) is 4.73. The number of nitrogens with one attached hydrogen (secondary N) is 2. The number of benzene rings is 3. The molecule has 0 aromatic heterocycles. The van der Waals surface area contributed by atoms with Gasteiger partial charge in [0.05, 0.1) is 13.3 Å². The van der Waals surface area contributed by atoms with Gasteiger partial charge >= 0.3 is 0 Å². The lowest BCUT2D eigenvalue weighted by Gasteiger charge is -2.09. The molecule has 4 rings (SSSR count). The van der Waals surface area contributed by atoms with Gasteiger partial charge in [-0.3, -0.25) is 9.59 Å². The largest absolute Gasteiger partial charge is 0.497 e. The van der Waals surface area contributed by atoms with Crippen molar-refractivity contribution in [3.63, 3.8) is 0 Å². The van der Waals surface area contributed by atoms with Gasteiger partial charge in [0.25, 0.3) is 11.8 Å². The molecule has 1 aliphatic heterocycles. The lowest BCUT2D eigenvalue weighted by molar-refractivity contribution is -0.117. The summed E-state index contributed by atoms with van der Waals surface area (Å²) >= 11 is 0. The monoisotopic (exact) mass is 443 g/mol. The van der Waals surface area contributed by atoms with Gasteiger partial charge in [0.1, 0.15) is 11.4 Å². The van der Waals surface area contributed by atoms with Crippen LogP contribution in [0.5, 0.6) is 17.2 Å². The Hall–Kier alpha value is -4.59. The quantitative estimate of drug-likeness (QED) is 0.332. The Bertz CT molecular complexity index is 1200. The van der Waals surface area contributed by atoms with Crippen molar-refractivity contribution in [3.8, 4) is 17.2 Å². The van der Waals surface area contributed by atoms with E-state index >= 15 is 0 Å². The number of carbonyl (C=O) groups is 2. The molecule has 0 radical (unpaired) electrons. The molecule has 0 spiro atoms. The van der Waals surface area contributed by atoms with Crippen LogP contribution in [0.2, 0.25) is 0 Å². The van der Waals surface area contributed by atoms with Gasteiger partial charge in [0, 0.05) is 5.56 Å². The van der Waals surface area contributed by atoms with Gasteiger partial charge in [-0.25, -0.2) is 5.43 Å². The van der Waals surface area contributed by atoms with Gasteiger partial charge < -0.3 is 19.5 Å². The molecule has 0 saturated carbocycles. The lowest BCUT2D eigenvalue weighted by Crippen LogP contribution is -2.32. The molecule has 0 saturated heterocycles. The fourth-order valence-electron chi connectivity index (χ4n) is 3.03. The molecule has 0 aliphatic carbocycles. The number of amides is 2. The zero-order chi connectivity index (χ0) is 23.0. The summed E-state index contributed by atoms with van der Waals surface area (Å²) in [6, 6.07) is 21.0. The first-order valence-electron chi connectivity index (χ1n) is 10.1. The number of rotatable bonds is 7. The van der Waals surface area contributed by atoms with Crippen LogP contribution in [0.1, 0.15) is 21.5 Å². The number of ether oxygens (including phenoxy) is 3. The Balaban J connectivity index is 1.53. The van der Waals surface area contributed by atoms with Crippen molar-refractivity contribution in [1.82, 2.24) is 10.7 Å². The van der Waals surface area contributed by atoms with Crippen LogP contribution in [-0.4, -0.2) is 31.9 Å². The molecule has 1 aliphatic rings. The number of carbonyl (C=O) groups excluding carboxylic acids is 2. The van der Waals surface area contributed by atoms with E-state index in [1.807, 2.05) is 0 Å². The number of hydrogen-bond donors (Lipinski definition) is 2. The van der Waals surface area contributed by atoms with Crippen LogP contribution in [0.15, 0.2) is 83.6 Å². The average Bonchev–Trinajstić information content (AvgIpc) is 3.32. The van der Waals surface area contributed by atoms with Crippen molar-refractivity contribution in [1.29, 1.82) is 0 Å². The Kier molecular flexibility index (Phi) is 6.65. The molecule has 8 heteroatoms. The fraction of sp³-hybridized carbons (Fsp3) is 0.0800. The highest BCUT2D eigenvalue weighted by Gasteiger charge is 2.16. The molecule has 0 unspecified atom stereocenters. The van der Waals surface area contributed by atoms with Gasteiger partial charge in [0.2, 0.25) is 6.79 Å². The molecule has 2 N–H and O–H groups in total. The first kappa shape index (κ1) is 21.6. The molecule has 1 heterocycles. The van der Waals surface area contributed by atoms with Crippen molar-refractivity contribution in [2.24, 2.45) is 5.10 Å². The van der Waals surface area contributed by atoms with Gasteiger partial charge in [-0.05, 0) is 65.7 Å². The summed E-state index contributed by atoms with van der Waals surface area (Å²) in [5.74, 6) is 0.901. The van der Waals surface area contributed by atoms with Crippen molar-refractivity contribution >= 4 is 24.1 Å². The highest BCUT2D eigenvalue weighted by Crippen LogP contribution is 2.33. The van der Waals surface area contributed by atoms with E-state index in [0.29, 0.717) is 28.4 Å². The standard InChI is InChI=1S/C25H21N3O5/c1-31-20-10-7-17(8-11-20)15-26-28-25(30)21(27-24(29)19-5-3-2-4-6-19)13-18-9-12-22-23(14-18)33-16-32-22/h2-15H,16H2,1H3,(H,27,29)(H,28,30)/b21-13-,26-15-. The van der Waals surface area contributed by atoms with Crippen LogP contribution in [0, 0.1) is 0 Å². The van der Waals surface area contributed by atoms with Crippen LogP contribution in [-0.2, 0) is 4.79 Å². The van der Waals surface area contributed by atoms with Crippen LogP contribution in [0.4, 0.5) is 0 Å². The van der Waals surface area contributed by atoms with Crippen LogP contribution < -0.4 is 25.0 Å². The minimum Gasteiger partial charge on any atom is -0.497 e. The van der Waals surface area contributed by atoms with E-state index in [4.69, 9.17) is 14.2 Å². The molecule has 2 amide bonds. The first-order valence-corrected chi connectivity index (χ1v) is 10.1. The van der Waals surface area contributed by atoms with Gasteiger partial charge in [0.15, 0.2) is 11.5 Å². The number of methoxy groups -OCH3 is 1. The summed E-state index contributed by atoms with van der Waals surface area (Å²) in [6.45, 7) is 0.140. The number of hydrogen-bond acceptors (Lipinski definition) is 6. The maximum atomic E-state index is 12.9. The SMILES string of the molecule is COc1ccc(/C=N\NC(=O)/C(=C/c2ccc3c(c2)OCO3)NC(=O)c2ccccc2)cc1. The summed E-state index contributed by atoms with van der Waals surface area (Å²) < 4.78 is 15.8. The Labute approximate surface area is 190 Å². The predicted octanol–water partition coefficient (Wildman–Crippen LogP) is 3.35. The minimum absolute atomic E-state index is 0.0228. The van der Waals surface area contributed by atoms with Gasteiger partial charge in [-0.15, -0.1) is 0 Å². The third kappa shape index (κ3) is 5.56. The van der Waals surface area contributed by atoms with Crippen LogP contribution >= 0.6 is 0 Å². The Morgan fingerprint density at radius 3 is 2.42 bits per heavy atom. The molecular weight excluding hydrogens is 422 g/mol. The molecule has 0 atom stereocenters. The lowest BCUT2D eigenvalue weighted by atomic mass is 10.1. The van der Waals surface area contributed by atoms with Crippen molar-refractivity contribution in [2.75, 3.05) is 13.9 Å².